The van der Waals surface area contributed by atoms with Crippen molar-refractivity contribution < 1.29 is 19.1 Å². The van der Waals surface area contributed by atoms with Crippen molar-refractivity contribution in [3.8, 4) is 0 Å². The molecule has 1 rings (SSSR count). The monoisotopic (exact) mass is 240 g/mol. The Morgan fingerprint density at radius 3 is 2.76 bits per heavy atom. The van der Waals surface area contributed by atoms with E-state index in [1.165, 1.54) is 6.07 Å². The lowest BCUT2D eigenvalue weighted by molar-refractivity contribution is -0.141. The van der Waals surface area contributed by atoms with Gasteiger partial charge in [-0.15, -0.1) is 0 Å². The van der Waals surface area contributed by atoms with Crippen LogP contribution in [0.5, 0.6) is 0 Å². The van der Waals surface area contributed by atoms with Crippen LogP contribution in [-0.4, -0.2) is 23.5 Å². The van der Waals surface area contributed by atoms with E-state index in [2.05, 4.69) is 5.32 Å². The summed E-state index contributed by atoms with van der Waals surface area (Å²) < 4.78 is 5.15. The number of nitrogens with one attached hydrogen (secondary N) is 1. The van der Waals surface area contributed by atoms with E-state index < -0.39 is 11.9 Å². The number of rotatable bonds is 6. The van der Waals surface area contributed by atoms with Gasteiger partial charge in [-0.05, 0) is 18.6 Å². The van der Waals surface area contributed by atoms with E-state index in [0.717, 1.165) is 0 Å². The average molecular weight is 240 g/mol. The fraction of sp³-hybridized carbons (Fsp3) is 0.455. The minimum Gasteiger partial charge on any atom is -0.481 e. The van der Waals surface area contributed by atoms with E-state index in [0.29, 0.717) is 18.7 Å². The number of carbonyl (C=O) groups is 2. The lowest BCUT2D eigenvalue weighted by atomic mass is 10.1. The van der Waals surface area contributed by atoms with E-state index in [4.69, 9.17) is 15.3 Å². The summed E-state index contributed by atoms with van der Waals surface area (Å²) in [6.45, 7) is 2.13. The smallest absolute Gasteiger partial charge is 0.306 e. The Balaban J connectivity index is 2.37. The van der Waals surface area contributed by atoms with E-state index in [1.807, 2.05) is 0 Å². The Morgan fingerprint density at radius 1 is 1.53 bits per heavy atom. The van der Waals surface area contributed by atoms with Crippen LogP contribution in [-0.2, 0) is 11.3 Å². The van der Waals surface area contributed by atoms with Crippen molar-refractivity contribution in [2.24, 2.45) is 11.7 Å². The molecule has 6 heteroatoms. The molecule has 0 aromatic carbocycles. The number of amides is 1. The third-order valence-electron chi connectivity index (χ3n) is 2.37. The maximum absolute atomic E-state index is 11.5. The maximum Gasteiger partial charge on any atom is 0.306 e. The Bertz CT molecular complexity index is 400. The molecule has 0 saturated heterocycles. The zero-order valence-corrected chi connectivity index (χ0v) is 9.60. The van der Waals surface area contributed by atoms with E-state index in [-0.39, 0.29) is 18.2 Å². The molecule has 1 aromatic rings. The lowest BCUT2D eigenvalue weighted by Gasteiger charge is -2.06. The lowest BCUT2D eigenvalue weighted by Crippen LogP contribution is -2.26. The van der Waals surface area contributed by atoms with Gasteiger partial charge in [-0.3, -0.25) is 9.59 Å². The number of carboxylic acids is 1. The first-order valence-electron chi connectivity index (χ1n) is 5.34. The summed E-state index contributed by atoms with van der Waals surface area (Å²) in [5.74, 6) is -0.987. The highest BCUT2D eigenvalue weighted by molar-refractivity contribution is 5.91. The molecule has 0 fully saturated rings. The van der Waals surface area contributed by atoms with E-state index in [1.54, 1.807) is 13.0 Å². The van der Waals surface area contributed by atoms with Gasteiger partial charge in [0.1, 0.15) is 5.76 Å². The summed E-state index contributed by atoms with van der Waals surface area (Å²) in [5, 5.41) is 11.2. The van der Waals surface area contributed by atoms with Crippen LogP contribution in [0.2, 0.25) is 0 Å². The van der Waals surface area contributed by atoms with Crippen LogP contribution in [0.1, 0.15) is 29.7 Å². The molecule has 94 valence electrons. The molecule has 17 heavy (non-hydrogen) atoms. The van der Waals surface area contributed by atoms with Crippen LogP contribution < -0.4 is 11.1 Å². The van der Waals surface area contributed by atoms with Gasteiger partial charge in [0, 0.05) is 6.54 Å². The Morgan fingerprint density at radius 2 is 2.24 bits per heavy atom. The predicted molar refractivity (Wildman–Crippen MR) is 60.3 cm³/mol. The molecule has 0 bridgehead atoms. The molecule has 0 aliphatic carbocycles. The standard InChI is InChI=1S/C11H16N2O4/c1-7(11(15)16)4-5-13-10(14)9-3-2-8(6-12)17-9/h2-3,7H,4-6,12H2,1H3,(H,13,14)(H,15,16). The average Bonchev–Trinajstić information content (AvgIpc) is 2.77. The van der Waals surface area contributed by atoms with Gasteiger partial charge >= 0.3 is 5.97 Å². The molecule has 1 atom stereocenters. The molecular weight excluding hydrogens is 224 g/mol. The number of aliphatic carboxylic acids is 1. The van der Waals surface area contributed by atoms with Gasteiger partial charge in [0.15, 0.2) is 5.76 Å². The van der Waals surface area contributed by atoms with Crippen molar-refractivity contribution in [3.05, 3.63) is 23.7 Å². The second-order valence-electron chi connectivity index (χ2n) is 3.75. The topological polar surface area (TPSA) is 106 Å². The minimum atomic E-state index is -0.873. The molecular formula is C11H16N2O4. The van der Waals surface area contributed by atoms with Gasteiger partial charge in [0.05, 0.1) is 12.5 Å². The Labute approximate surface area is 98.8 Å². The summed E-state index contributed by atoms with van der Waals surface area (Å²) in [5.41, 5.74) is 5.35. The highest BCUT2D eigenvalue weighted by Crippen LogP contribution is 2.07. The normalized spacial score (nSPS) is 12.1. The molecule has 0 spiro atoms. The summed E-state index contributed by atoms with van der Waals surface area (Å²) in [6, 6.07) is 3.17. The second-order valence-corrected chi connectivity index (χ2v) is 3.75. The summed E-state index contributed by atoms with van der Waals surface area (Å²) in [6.07, 6.45) is 0.380. The van der Waals surface area contributed by atoms with E-state index >= 15 is 0 Å². The highest BCUT2D eigenvalue weighted by Gasteiger charge is 2.13. The highest BCUT2D eigenvalue weighted by atomic mass is 16.4. The molecule has 0 aliphatic rings. The number of nitrogens with two attached hydrogens (primary N) is 1. The van der Waals surface area contributed by atoms with Crippen molar-refractivity contribution in [1.82, 2.24) is 5.32 Å². The number of hydrogen-bond donors (Lipinski definition) is 3. The maximum atomic E-state index is 11.5. The van der Waals surface area contributed by atoms with Crippen molar-refractivity contribution in [1.29, 1.82) is 0 Å². The van der Waals surface area contributed by atoms with Gasteiger partial charge < -0.3 is 20.6 Å². The number of carbonyl (C=O) groups excluding carboxylic acids is 1. The SMILES string of the molecule is CC(CCNC(=O)c1ccc(CN)o1)C(=O)O. The second kappa shape index (κ2) is 6.05. The van der Waals surface area contributed by atoms with Gasteiger partial charge in [0.25, 0.3) is 5.91 Å². The number of hydrogen-bond acceptors (Lipinski definition) is 4. The zero-order chi connectivity index (χ0) is 12.8. The molecule has 0 aliphatic heterocycles. The predicted octanol–water partition coefficient (Wildman–Crippen LogP) is 0.579. The summed E-state index contributed by atoms with van der Waals surface area (Å²) in [7, 11) is 0. The summed E-state index contributed by atoms with van der Waals surface area (Å²) >= 11 is 0. The van der Waals surface area contributed by atoms with Gasteiger partial charge in [-0.2, -0.15) is 0 Å². The van der Waals surface area contributed by atoms with Crippen molar-refractivity contribution in [2.45, 2.75) is 19.9 Å². The van der Waals surface area contributed by atoms with Gasteiger partial charge in [0.2, 0.25) is 0 Å². The molecule has 0 radical (unpaired) electrons. The van der Waals surface area contributed by atoms with E-state index in [9.17, 15) is 9.59 Å². The molecule has 0 saturated carbocycles. The van der Waals surface area contributed by atoms with Crippen molar-refractivity contribution >= 4 is 11.9 Å². The van der Waals surface area contributed by atoms with Crippen LogP contribution in [0.3, 0.4) is 0 Å². The van der Waals surface area contributed by atoms with Crippen LogP contribution >= 0.6 is 0 Å². The Kier molecular flexibility index (Phi) is 4.71. The fourth-order valence-electron chi connectivity index (χ4n) is 1.22. The van der Waals surface area contributed by atoms with Gasteiger partial charge in [-0.25, -0.2) is 0 Å². The minimum absolute atomic E-state index is 0.188. The number of furan rings is 1. The molecule has 1 aromatic heterocycles. The van der Waals surface area contributed by atoms with Gasteiger partial charge in [-0.1, -0.05) is 6.92 Å². The zero-order valence-electron chi connectivity index (χ0n) is 9.60. The molecule has 6 nitrogen and oxygen atoms in total. The summed E-state index contributed by atoms with van der Waals surface area (Å²) in [4.78, 5) is 22.1. The van der Waals surface area contributed by atoms with Crippen LogP contribution in [0.15, 0.2) is 16.5 Å². The van der Waals surface area contributed by atoms with Crippen molar-refractivity contribution in [3.63, 3.8) is 0 Å². The van der Waals surface area contributed by atoms with Crippen molar-refractivity contribution in [2.75, 3.05) is 6.54 Å². The first kappa shape index (κ1) is 13.2. The molecule has 1 amide bonds. The van der Waals surface area contributed by atoms with Crippen LogP contribution in [0.4, 0.5) is 0 Å². The molecule has 4 N–H and O–H groups in total. The molecule has 1 heterocycles. The largest absolute Gasteiger partial charge is 0.481 e. The third kappa shape index (κ3) is 3.92. The number of carboxylic acid groups (broad SMARTS) is 1. The molecule has 1 unspecified atom stereocenters. The first-order chi connectivity index (χ1) is 8.04. The third-order valence-corrected chi connectivity index (χ3v) is 2.37. The van der Waals surface area contributed by atoms with Crippen LogP contribution in [0.25, 0.3) is 0 Å². The van der Waals surface area contributed by atoms with Crippen LogP contribution in [0, 0.1) is 5.92 Å². The Hall–Kier alpha value is -1.82. The fourth-order valence-corrected chi connectivity index (χ4v) is 1.22. The quantitative estimate of drug-likeness (QED) is 0.674. The first-order valence-corrected chi connectivity index (χ1v) is 5.34.